The van der Waals surface area contributed by atoms with Gasteiger partial charge in [-0.15, -0.1) is 0 Å². The average Bonchev–Trinajstić information content (AvgIpc) is 3.25. The number of benzene rings is 1. The van der Waals surface area contributed by atoms with E-state index in [9.17, 15) is 13.2 Å². The van der Waals surface area contributed by atoms with Gasteiger partial charge < -0.3 is 19.3 Å². The van der Waals surface area contributed by atoms with E-state index in [0.717, 1.165) is 39.3 Å². The van der Waals surface area contributed by atoms with Crippen molar-refractivity contribution in [3.8, 4) is 22.9 Å². The van der Waals surface area contributed by atoms with Gasteiger partial charge in [0.05, 0.1) is 36.5 Å². The zero-order valence-electron chi connectivity index (χ0n) is 21.5. The molecule has 1 atom stereocenters. The molecule has 3 aliphatic rings. The van der Waals surface area contributed by atoms with Crippen LogP contribution in [0.15, 0.2) is 65.7 Å². The Morgan fingerprint density at radius 2 is 1.92 bits per heavy atom. The summed E-state index contributed by atoms with van der Waals surface area (Å²) in [7, 11) is -2.93. The van der Waals surface area contributed by atoms with Crippen LogP contribution in [0.5, 0.6) is 11.6 Å². The number of allylic oxidation sites excluding steroid dienone is 4. The van der Waals surface area contributed by atoms with E-state index in [0.29, 0.717) is 37.5 Å². The number of fused-ring (bicyclic) bond motifs is 1. The first kappa shape index (κ1) is 26.0. The van der Waals surface area contributed by atoms with Crippen LogP contribution in [0.25, 0.3) is 11.3 Å². The fourth-order valence-electron chi connectivity index (χ4n) is 5.20. The smallest absolute Gasteiger partial charge is 0.304 e. The molecular formula is C29H31NO7S. The molecule has 5 rings (SSSR count). The maximum atomic E-state index is 11.7. The van der Waals surface area contributed by atoms with Gasteiger partial charge in [0.15, 0.2) is 9.84 Å². The summed E-state index contributed by atoms with van der Waals surface area (Å²) in [6.07, 6.45) is 7.19. The maximum Gasteiger partial charge on any atom is 0.304 e. The molecule has 0 amide bonds. The molecule has 0 saturated carbocycles. The maximum absolute atomic E-state index is 11.7. The summed E-state index contributed by atoms with van der Waals surface area (Å²) in [5, 5.41) is 9.10. The Kier molecular flexibility index (Phi) is 7.29. The van der Waals surface area contributed by atoms with Crippen LogP contribution >= 0.6 is 0 Å². The highest BCUT2D eigenvalue weighted by molar-refractivity contribution is 7.91. The number of aryl methyl sites for hydroxylation is 2. The SMILES string of the molecule is Cc1cc(OC2CCS(=O)(=O)CC2)cc(C)c1-c1cccc(OC=C2C=C3OCC(CC(=O)O)C3=CC2)n1. The third-order valence-corrected chi connectivity index (χ3v) is 8.80. The molecule has 2 saturated heterocycles. The fourth-order valence-corrected chi connectivity index (χ4v) is 6.65. The van der Waals surface area contributed by atoms with Gasteiger partial charge in [-0.25, -0.2) is 13.4 Å². The molecule has 0 bridgehead atoms. The highest BCUT2D eigenvalue weighted by Gasteiger charge is 2.31. The number of ether oxygens (including phenoxy) is 3. The number of nitrogens with zero attached hydrogens (tertiary/aromatic N) is 1. The highest BCUT2D eigenvalue weighted by atomic mass is 32.2. The Hall–Kier alpha value is -3.59. The normalized spacial score (nSPS) is 21.7. The van der Waals surface area contributed by atoms with E-state index in [-0.39, 0.29) is 29.9 Å². The number of hydrogen-bond acceptors (Lipinski definition) is 7. The van der Waals surface area contributed by atoms with Crippen molar-refractivity contribution in [1.82, 2.24) is 4.98 Å². The van der Waals surface area contributed by atoms with Gasteiger partial charge in [-0.05, 0) is 79.7 Å². The van der Waals surface area contributed by atoms with E-state index in [1.807, 2.05) is 50.3 Å². The molecule has 1 unspecified atom stereocenters. The molecule has 2 fully saturated rings. The molecule has 9 heteroatoms. The van der Waals surface area contributed by atoms with Crippen LogP contribution in [0.2, 0.25) is 0 Å². The Morgan fingerprint density at radius 3 is 2.63 bits per heavy atom. The van der Waals surface area contributed by atoms with Gasteiger partial charge in [0.1, 0.15) is 17.6 Å². The molecule has 2 aliphatic heterocycles. The van der Waals surface area contributed by atoms with E-state index in [2.05, 4.69) is 0 Å². The number of carboxylic acids is 1. The summed E-state index contributed by atoms with van der Waals surface area (Å²) >= 11 is 0. The van der Waals surface area contributed by atoms with Gasteiger partial charge >= 0.3 is 5.97 Å². The van der Waals surface area contributed by atoms with Crippen molar-refractivity contribution >= 4 is 15.8 Å². The summed E-state index contributed by atoms with van der Waals surface area (Å²) in [6, 6.07) is 9.58. The van der Waals surface area contributed by atoms with Crippen LogP contribution in [0.1, 0.15) is 36.8 Å². The highest BCUT2D eigenvalue weighted by Crippen LogP contribution is 2.37. The Balaban J connectivity index is 1.27. The zero-order chi connectivity index (χ0) is 26.9. The Morgan fingerprint density at radius 1 is 1.18 bits per heavy atom. The van der Waals surface area contributed by atoms with Crippen molar-refractivity contribution in [2.45, 2.75) is 45.6 Å². The van der Waals surface area contributed by atoms with E-state index in [1.54, 1.807) is 12.3 Å². The Bertz CT molecular complexity index is 1420. The van der Waals surface area contributed by atoms with Gasteiger partial charge in [-0.3, -0.25) is 4.79 Å². The number of carbonyl (C=O) groups is 1. The third-order valence-electron chi connectivity index (χ3n) is 7.08. The molecule has 38 heavy (non-hydrogen) atoms. The lowest BCUT2D eigenvalue weighted by Crippen LogP contribution is -2.30. The van der Waals surface area contributed by atoms with Gasteiger partial charge in [-0.1, -0.05) is 12.1 Å². The molecule has 0 radical (unpaired) electrons. The molecule has 2 aromatic rings. The predicted octanol–water partition coefficient (Wildman–Crippen LogP) is 4.92. The van der Waals surface area contributed by atoms with Crippen LogP contribution in [0.4, 0.5) is 0 Å². The predicted molar refractivity (Wildman–Crippen MR) is 143 cm³/mol. The summed E-state index contributed by atoms with van der Waals surface area (Å²) in [4.78, 5) is 15.8. The molecule has 1 aromatic carbocycles. The first-order chi connectivity index (χ1) is 18.2. The van der Waals surface area contributed by atoms with Crippen LogP contribution in [-0.2, 0) is 19.4 Å². The molecule has 1 aliphatic carbocycles. The quantitative estimate of drug-likeness (QED) is 0.496. The van der Waals surface area contributed by atoms with Gasteiger partial charge in [0, 0.05) is 17.5 Å². The monoisotopic (exact) mass is 537 g/mol. The first-order valence-corrected chi connectivity index (χ1v) is 14.6. The lowest BCUT2D eigenvalue weighted by atomic mass is 9.92. The summed E-state index contributed by atoms with van der Waals surface area (Å²) < 4.78 is 41.1. The number of sulfone groups is 1. The minimum Gasteiger partial charge on any atom is -0.493 e. The third kappa shape index (κ3) is 5.93. The van der Waals surface area contributed by atoms with E-state index in [4.69, 9.17) is 24.3 Å². The minimum absolute atomic E-state index is 0.0618. The van der Waals surface area contributed by atoms with Crippen LogP contribution in [0, 0.1) is 19.8 Å². The Labute approximate surface area is 222 Å². The number of hydrogen-bond donors (Lipinski definition) is 1. The second-order valence-electron chi connectivity index (χ2n) is 10.1. The molecule has 200 valence electrons. The standard InChI is InChI=1S/C29H31NO7S/c1-18-12-23(37-22-8-10-38(33,34)11-9-22)13-19(2)29(18)25-4-3-5-27(30-25)36-16-20-6-7-24-21(15-28(31)32)17-35-26(24)14-20/h3-5,7,12-14,16,21-22H,6,8-11,15,17H2,1-2H3,(H,31,32). The molecule has 1 aromatic heterocycles. The fraction of sp³-hybridized carbons (Fsp3) is 0.379. The lowest BCUT2D eigenvalue weighted by molar-refractivity contribution is -0.137. The van der Waals surface area contributed by atoms with Crippen molar-refractivity contribution < 1.29 is 32.5 Å². The molecule has 8 nitrogen and oxygen atoms in total. The number of aliphatic carboxylic acids is 1. The van der Waals surface area contributed by atoms with Gasteiger partial charge in [-0.2, -0.15) is 0 Å². The summed E-state index contributed by atoms with van der Waals surface area (Å²) in [5.74, 6) is 1.32. The van der Waals surface area contributed by atoms with E-state index >= 15 is 0 Å². The van der Waals surface area contributed by atoms with Crippen LogP contribution in [-0.4, -0.2) is 48.7 Å². The van der Waals surface area contributed by atoms with Crippen molar-refractivity contribution in [1.29, 1.82) is 0 Å². The van der Waals surface area contributed by atoms with Crippen molar-refractivity contribution in [2.24, 2.45) is 5.92 Å². The summed E-state index contributed by atoms with van der Waals surface area (Å²) in [5.41, 5.74) is 5.67. The minimum atomic E-state index is -2.93. The first-order valence-electron chi connectivity index (χ1n) is 12.7. The molecule has 1 N–H and O–H groups in total. The second-order valence-corrected chi connectivity index (χ2v) is 12.4. The number of carboxylic acid groups (broad SMARTS) is 1. The van der Waals surface area contributed by atoms with Crippen LogP contribution < -0.4 is 9.47 Å². The van der Waals surface area contributed by atoms with Gasteiger partial charge in [0.2, 0.25) is 5.88 Å². The number of aromatic nitrogens is 1. The largest absolute Gasteiger partial charge is 0.493 e. The van der Waals surface area contributed by atoms with Crippen LogP contribution in [0.3, 0.4) is 0 Å². The zero-order valence-corrected chi connectivity index (χ0v) is 22.3. The summed E-state index contributed by atoms with van der Waals surface area (Å²) in [6.45, 7) is 4.40. The average molecular weight is 538 g/mol. The topological polar surface area (TPSA) is 112 Å². The number of rotatable bonds is 7. The molecule has 0 spiro atoms. The van der Waals surface area contributed by atoms with Gasteiger partial charge in [0.25, 0.3) is 0 Å². The molecule has 3 heterocycles. The van der Waals surface area contributed by atoms with Crippen molar-refractivity contribution in [3.05, 3.63) is 76.8 Å². The lowest BCUT2D eigenvalue weighted by Gasteiger charge is -2.24. The van der Waals surface area contributed by atoms with E-state index in [1.165, 1.54) is 0 Å². The van der Waals surface area contributed by atoms with Crippen molar-refractivity contribution in [3.63, 3.8) is 0 Å². The molecular weight excluding hydrogens is 506 g/mol. The van der Waals surface area contributed by atoms with E-state index < -0.39 is 15.8 Å². The second kappa shape index (κ2) is 10.6. The number of pyridine rings is 1. The van der Waals surface area contributed by atoms with Crippen molar-refractivity contribution in [2.75, 3.05) is 18.1 Å².